The van der Waals surface area contributed by atoms with Gasteiger partial charge in [0.15, 0.2) is 5.16 Å². The van der Waals surface area contributed by atoms with E-state index >= 15 is 0 Å². The minimum absolute atomic E-state index is 0.154. The van der Waals surface area contributed by atoms with Gasteiger partial charge in [0.2, 0.25) is 0 Å². The smallest absolute Gasteiger partial charge is 0.251 e. The van der Waals surface area contributed by atoms with Gasteiger partial charge in [0.25, 0.3) is 5.56 Å². The number of H-pyrrole nitrogens is 1. The maximum atomic E-state index is 11.6. The monoisotopic (exact) mass is 296 g/mol. The number of halogens is 1. The predicted molar refractivity (Wildman–Crippen MR) is 74.8 cm³/mol. The SMILES string of the molecule is CCCc1cc(=O)[nH]c(Sc2ncnc(Cl)c2C)n1. The summed E-state index contributed by atoms with van der Waals surface area (Å²) in [6.07, 6.45) is 3.12. The zero-order chi connectivity index (χ0) is 13.8. The van der Waals surface area contributed by atoms with Gasteiger partial charge in [-0.15, -0.1) is 0 Å². The summed E-state index contributed by atoms with van der Waals surface area (Å²) in [7, 11) is 0. The molecular weight excluding hydrogens is 284 g/mol. The van der Waals surface area contributed by atoms with Gasteiger partial charge < -0.3 is 4.98 Å². The zero-order valence-corrected chi connectivity index (χ0v) is 12.2. The Labute approximate surface area is 119 Å². The molecule has 0 saturated heterocycles. The van der Waals surface area contributed by atoms with E-state index in [-0.39, 0.29) is 5.56 Å². The number of hydrogen-bond acceptors (Lipinski definition) is 5. The standard InChI is InChI=1S/C12H13ClN4OS/c1-3-4-8-5-9(18)17-12(16-8)19-11-7(2)10(13)14-6-15-11/h5-6H,3-4H2,1-2H3,(H,16,17,18). The molecule has 100 valence electrons. The van der Waals surface area contributed by atoms with Gasteiger partial charge in [-0.2, -0.15) is 0 Å². The third kappa shape index (κ3) is 3.54. The van der Waals surface area contributed by atoms with Crippen molar-refractivity contribution < 1.29 is 0 Å². The van der Waals surface area contributed by atoms with Gasteiger partial charge >= 0.3 is 0 Å². The first kappa shape index (κ1) is 14.0. The summed E-state index contributed by atoms with van der Waals surface area (Å²) in [5.74, 6) is 0. The molecule has 0 saturated carbocycles. The van der Waals surface area contributed by atoms with Crippen LogP contribution in [-0.2, 0) is 6.42 Å². The number of aromatic amines is 1. The van der Waals surface area contributed by atoms with Gasteiger partial charge in [-0.05, 0) is 25.1 Å². The minimum Gasteiger partial charge on any atom is -0.301 e. The molecule has 5 nitrogen and oxygen atoms in total. The first-order valence-corrected chi connectivity index (χ1v) is 7.04. The van der Waals surface area contributed by atoms with Crippen molar-refractivity contribution in [1.29, 1.82) is 0 Å². The highest BCUT2D eigenvalue weighted by Crippen LogP contribution is 2.27. The maximum absolute atomic E-state index is 11.6. The van der Waals surface area contributed by atoms with E-state index in [9.17, 15) is 4.79 Å². The Morgan fingerprint density at radius 2 is 2.21 bits per heavy atom. The molecule has 1 N–H and O–H groups in total. The lowest BCUT2D eigenvalue weighted by molar-refractivity contribution is 0.814. The molecule has 0 spiro atoms. The minimum atomic E-state index is -0.154. The highest BCUT2D eigenvalue weighted by molar-refractivity contribution is 7.99. The summed E-state index contributed by atoms with van der Waals surface area (Å²) >= 11 is 7.22. The molecule has 0 radical (unpaired) electrons. The van der Waals surface area contributed by atoms with Crippen molar-refractivity contribution >= 4 is 23.4 Å². The highest BCUT2D eigenvalue weighted by atomic mass is 35.5. The van der Waals surface area contributed by atoms with E-state index in [1.807, 2.05) is 13.8 Å². The summed E-state index contributed by atoms with van der Waals surface area (Å²) in [6.45, 7) is 3.88. The number of nitrogens with one attached hydrogen (secondary N) is 1. The van der Waals surface area contributed by atoms with Crippen molar-refractivity contribution in [3.63, 3.8) is 0 Å². The summed E-state index contributed by atoms with van der Waals surface area (Å²) < 4.78 is 0. The molecular formula is C12H13ClN4OS. The van der Waals surface area contributed by atoms with Crippen molar-refractivity contribution in [2.45, 2.75) is 36.9 Å². The van der Waals surface area contributed by atoms with Crippen LogP contribution in [0.25, 0.3) is 0 Å². The van der Waals surface area contributed by atoms with Crippen molar-refractivity contribution in [3.8, 4) is 0 Å². The summed E-state index contributed by atoms with van der Waals surface area (Å²) in [5, 5.41) is 1.62. The molecule has 0 aliphatic carbocycles. The third-order valence-electron chi connectivity index (χ3n) is 2.45. The fourth-order valence-corrected chi connectivity index (χ4v) is 2.56. The van der Waals surface area contributed by atoms with Gasteiger partial charge in [-0.3, -0.25) is 4.79 Å². The lowest BCUT2D eigenvalue weighted by Crippen LogP contribution is -2.10. The fraction of sp³-hybridized carbons (Fsp3) is 0.333. The second-order valence-electron chi connectivity index (χ2n) is 3.99. The van der Waals surface area contributed by atoms with E-state index in [0.717, 1.165) is 24.1 Å². The molecule has 0 amide bonds. The predicted octanol–water partition coefficient (Wildman–Crippen LogP) is 2.63. The maximum Gasteiger partial charge on any atom is 0.251 e. The van der Waals surface area contributed by atoms with Crippen LogP contribution in [0.4, 0.5) is 0 Å². The molecule has 0 aliphatic heterocycles. The number of hydrogen-bond donors (Lipinski definition) is 1. The Morgan fingerprint density at radius 3 is 2.95 bits per heavy atom. The Balaban J connectivity index is 2.32. The first-order valence-electron chi connectivity index (χ1n) is 5.85. The van der Waals surface area contributed by atoms with Gasteiger partial charge in [0.1, 0.15) is 16.5 Å². The summed E-state index contributed by atoms with van der Waals surface area (Å²) in [6, 6.07) is 1.52. The quantitative estimate of drug-likeness (QED) is 0.693. The molecule has 0 atom stereocenters. The van der Waals surface area contributed by atoms with Crippen LogP contribution in [-0.4, -0.2) is 19.9 Å². The molecule has 7 heteroatoms. The zero-order valence-electron chi connectivity index (χ0n) is 10.6. The van der Waals surface area contributed by atoms with E-state index in [1.165, 1.54) is 24.2 Å². The number of rotatable bonds is 4. The van der Waals surface area contributed by atoms with E-state index in [0.29, 0.717) is 15.3 Å². The van der Waals surface area contributed by atoms with Crippen LogP contribution in [0, 0.1) is 6.92 Å². The molecule has 0 bridgehead atoms. The molecule has 0 aliphatic rings. The van der Waals surface area contributed by atoms with Gasteiger partial charge in [0.05, 0.1) is 0 Å². The molecule has 2 rings (SSSR count). The van der Waals surface area contributed by atoms with E-state index in [2.05, 4.69) is 19.9 Å². The molecule has 0 unspecified atom stereocenters. The second-order valence-corrected chi connectivity index (χ2v) is 5.32. The molecule has 0 fully saturated rings. The largest absolute Gasteiger partial charge is 0.301 e. The van der Waals surface area contributed by atoms with E-state index in [1.54, 1.807) is 0 Å². The fourth-order valence-electron chi connectivity index (χ4n) is 1.52. The Hall–Kier alpha value is -1.40. The lowest BCUT2D eigenvalue weighted by Gasteiger charge is -2.05. The van der Waals surface area contributed by atoms with Crippen LogP contribution >= 0.6 is 23.4 Å². The number of aryl methyl sites for hydroxylation is 1. The van der Waals surface area contributed by atoms with Crippen molar-refractivity contribution in [2.24, 2.45) is 0 Å². The average molecular weight is 297 g/mol. The molecule has 0 aromatic carbocycles. The van der Waals surface area contributed by atoms with Crippen LogP contribution < -0.4 is 5.56 Å². The summed E-state index contributed by atoms with van der Waals surface area (Å²) in [4.78, 5) is 26.7. The lowest BCUT2D eigenvalue weighted by atomic mass is 10.2. The van der Waals surface area contributed by atoms with Gasteiger partial charge in [0, 0.05) is 17.3 Å². The molecule has 2 heterocycles. The van der Waals surface area contributed by atoms with Gasteiger partial charge in [-0.1, -0.05) is 24.9 Å². The number of nitrogens with zero attached hydrogens (tertiary/aromatic N) is 3. The summed E-state index contributed by atoms with van der Waals surface area (Å²) in [5.41, 5.74) is 1.41. The Bertz CT molecular complexity index is 644. The second kappa shape index (κ2) is 6.16. The van der Waals surface area contributed by atoms with Crippen LogP contribution in [0.3, 0.4) is 0 Å². The Morgan fingerprint density at radius 1 is 1.42 bits per heavy atom. The Kier molecular flexibility index (Phi) is 4.55. The topological polar surface area (TPSA) is 71.5 Å². The van der Waals surface area contributed by atoms with Crippen LogP contribution in [0.1, 0.15) is 24.6 Å². The molecule has 19 heavy (non-hydrogen) atoms. The molecule has 2 aromatic rings. The normalized spacial score (nSPS) is 10.7. The number of aromatic nitrogens is 4. The molecule has 2 aromatic heterocycles. The van der Waals surface area contributed by atoms with Crippen LogP contribution in [0.15, 0.2) is 27.4 Å². The van der Waals surface area contributed by atoms with Crippen LogP contribution in [0.5, 0.6) is 0 Å². The van der Waals surface area contributed by atoms with Crippen molar-refractivity contribution in [2.75, 3.05) is 0 Å². The van der Waals surface area contributed by atoms with Crippen molar-refractivity contribution in [1.82, 2.24) is 19.9 Å². The van der Waals surface area contributed by atoms with E-state index in [4.69, 9.17) is 11.6 Å². The highest BCUT2D eigenvalue weighted by Gasteiger charge is 2.09. The van der Waals surface area contributed by atoms with Crippen molar-refractivity contribution in [3.05, 3.63) is 39.2 Å². The van der Waals surface area contributed by atoms with E-state index < -0.39 is 0 Å². The van der Waals surface area contributed by atoms with Gasteiger partial charge in [-0.25, -0.2) is 15.0 Å². The first-order chi connectivity index (χ1) is 9.10. The van der Waals surface area contributed by atoms with Crippen LogP contribution in [0.2, 0.25) is 5.15 Å². The third-order valence-corrected chi connectivity index (χ3v) is 3.82. The average Bonchev–Trinajstić information content (AvgIpc) is 2.35.